The first-order valence-electron chi connectivity index (χ1n) is 5.74. The van der Waals surface area contributed by atoms with Gasteiger partial charge in [0, 0.05) is 32.6 Å². The lowest BCUT2D eigenvalue weighted by atomic mass is 10.1. The fraction of sp³-hybridized carbons (Fsp3) is 0.636. The molecule has 6 heteroatoms. The molecular weight excluding hydrogens is 236 g/mol. The number of carbonyl (C=O) groups is 1. The van der Waals surface area contributed by atoms with Crippen molar-refractivity contribution in [3.63, 3.8) is 0 Å². The quantitative estimate of drug-likeness (QED) is 0.831. The van der Waals surface area contributed by atoms with Crippen LogP contribution in [0.5, 0.6) is 0 Å². The van der Waals surface area contributed by atoms with E-state index in [1.165, 1.54) is 11.3 Å². The number of rotatable bonds is 4. The van der Waals surface area contributed by atoms with E-state index in [-0.39, 0.29) is 5.91 Å². The van der Waals surface area contributed by atoms with Gasteiger partial charge >= 0.3 is 0 Å². The molecule has 0 unspecified atom stereocenters. The van der Waals surface area contributed by atoms with Gasteiger partial charge in [0.25, 0.3) is 5.91 Å². The Morgan fingerprint density at radius 1 is 1.53 bits per heavy atom. The number of carbonyl (C=O) groups excluding carboxylic acids is 1. The normalized spacial score (nSPS) is 15.5. The molecule has 0 saturated heterocycles. The first kappa shape index (κ1) is 12.5. The minimum absolute atomic E-state index is 0.116. The summed E-state index contributed by atoms with van der Waals surface area (Å²) >= 11 is 1.44. The summed E-state index contributed by atoms with van der Waals surface area (Å²) in [5, 5.41) is 0.859. The Labute approximate surface area is 105 Å². The van der Waals surface area contributed by atoms with E-state index in [2.05, 4.69) is 9.88 Å². The van der Waals surface area contributed by atoms with Crippen LogP contribution in [0.15, 0.2) is 0 Å². The molecule has 2 rings (SSSR count). The van der Waals surface area contributed by atoms with Gasteiger partial charge < -0.3 is 15.5 Å². The fourth-order valence-electron chi connectivity index (χ4n) is 1.84. The second-order valence-corrected chi connectivity index (χ2v) is 5.52. The molecule has 0 spiro atoms. The van der Waals surface area contributed by atoms with E-state index >= 15 is 0 Å². The van der Waals surface area contributed by atoms with Crippen LogP contribution in [0.25, 0.3) is 0 Å². The minimum atomic E-state index is 0.116. The molecule has 5 nitrogen and oxygen atoms in total. The Kier molecular flexibility index (Phi) is 3.76. The number of nitrogens with two attached hydrogens (primary N) is 1. The molecule has 2 heterocycles. The molecular formula is C11H18N4OS. The van der Waals surface area contributed by atoms with Gasteiger partial charge in [-0.1, -0.05) is 0 Å². The maximum absolute atomic E-state index is 12.2. The van der Waals surface area contributed by atoms with E-state index in [1.807, 2.05) is 19.0 Å². The highest BCUT2D eigenvalue weighted by Crippen LogP contribution is 2.24. The Bertz CT molecular complexity index is 416. The van der Waals surface area contributed by atoms with E-state index < -0.39 is 0 Å². The molecule has 2 N–H and O–H groups in total. The van der Waals surface area contributed by atoms with Gasteiger partial charge in [-0.3, -0.25) is 4.79 Å². The smallest absolute Gasteiger partial charge is 0.265 e. The zero-order valence-corrected chi connectivity index (χ0v) is 11.1. The van der Waals surface area contributed by atoms with E-state index in [1.54, 1.807) is 0 Å². The number of thiazole rings is 1. The van der Waals surface area contributed by atoms with Crippen molar-refractivity contribution in [2.75, 3.05) is 33.7 Å². The summed E-state index contributed by atoms with van der Waals surface area (Å²) in [5.74, 6) is 0.116. The molecule has 0 bridgehead atoms. The predicted molar refractivity (Wildman–Crippen MR) is 68.2 cm³/mol. The number of likely N-dealkylation sites (N-methyl/N-ethyl adjacent to an activating group) is 1. The maximum Gasteiger partial charge on any atom is 0.265 e. The summed E-state index contributed by atoms with van der Waals surface area (Å²) < 4.78 is 0. The van der Waals surface area contributed by atoms with Gasteiger partial charge in [0.2, 0.25) is 0 Å². The van der Waals surface area contributed by atoms with Crippen molar-refractivity contribution in [2.45, 2.75) is 13.0 Å². The lowest BCUT2D eigenvalue weighted by Gasteiger charge is -2.27. The molecule has 1 aromatic heterocycles. The number of amides is 1. The number of hydrogen-bond acceptors (Lipinski definition) is 5. The average Bonchev–Trinajstić information content (AvgIpc) is 2.72. The number of aromatic nitrogens is 1. The van der Waals surface area contributed by atoms with Crippen LogP contribution in [0.4, 0.5) is 0 Å². The van der Waals surface area contributed by atoms with Crippen molar-refractivity contribution in [2.24, 2.45) is 5.73 Å². The SMILES string of the molecule is CN(C)CCN1CCc2nc(CN)sc2C1=O. The molecule has 0 fully saturated rings. The van der Waals surface area contributed by atoms with Crippen LogP contribution in [0.2, 0.25) is 0 Å². The Morgan fingerprint density at radius 2 is 2.29 bits per heavy atom. The molecule has 17 heavy (non-hydrogen) atoms. The van der Waals surface area contributed by atoms with Crippen molar-refractivity contribution < 1.29 is 4.79 Å². The van der Waals surface area contributed by atoms with Crippen LogP contribution in [-0.2, 0) is 13.0 Å². The fourth-order valence-corrected chi connectivity index (χ4v) is 2.80. The zero-order chi connectivity index (χ0) is 12.4. The zero-order valence-electron chi connectivity index (χ0n) is 10.3. The lowest BCUT2D eigenvalue weighted by molar-refractivity contribution is 0.0733. The number of fused-ring (bicyclic) bond motifs is 1. The molecule has 0 atom stereocenters. The molecule has 94 valence electrons. The topological polar surface area (TPSA) is 62.5 Å². The van der Waals surface area contributed by atoms with Crippen LogP contribution < -0.4 is 5.73 Å². The molecule has 1 aliphatic heterocycles. The standard InChI is InChI=1S/C11H18N4OS/c1-14(2)5-6-15-4-3-8-10(11(15)16)17-9(7-12)13-8/h3-7,12H2,1-2H3. The average molecular weight is 254 g/mol. The largest absolute Gasteiger partial charge is 0.336 e. The summed E-state index contributed by atoms with van der Waals surface area (Å²) in [4.78, 5) is 21.4. The van der Waals surface area contributed by atoms with Gasteiger partial charge in [0.05, 0.1) is 5.69 Å². The first-order valence-corrected chi connectivity index (χ1v) is 6.56. The maximum atomic E-state index is 12.2. The lowest BCUT2D eigenvalue weighted by Crippen LogP contribution is -2.40. The molecule has 1 aromatic rings. The van der Waals surface area contributed by atoms with Crippen LogP contribution >= 0.6 is 11.3 Å². The molecule has 0 radical (unpaired) electrons. The highest BCUT2D eigenvalue weighted by molar-refractivity contribution is 7.13. The van der Waals surface area contributed by atoms with E-state index in [0.717, 1.165) is 41.6 Å². The molecule has 1 aliphatic rings. The van der Waals surface area contributed by atoms with Crippen molar-refractivity contribution in [1.29, 1.82) is 0 Å². The third kappa shape index (κ3) is 2.65. The van der Waals surface area contributed by atoms with Crippen molar-refractivity contribution >= 4 is 17.2 Å². The van der Waals surface area contributed by atoms with E-state index in [4.69, 9.17) is 5.73 Å². The molecule has 0 aromatic carbocycles. The van der Waals surface area contributed by atoms with Gasteiger partial charge in [0.1, 0.15) is 9.88 Å². The van der Waals surface area contributed by atoms with Crippen LogP contribution in [0.1, 0.15) is 20.4 Å². The predicted octanol–water partition coefficient (Wildman–Crippen LogP) is 0.162. The second-order valence-electron chi connectivity index (χ2n) is 4.43. The summed E-state index contributed by atoms with van der Waals surface area (Å²) in [6.45, 7) is 2.86. The van der Waals surface area contributed by atoms with E-state index in [0.29, 0.717) is 6.54 Å². The Balaban J connectivity index is 2.09. The summed E-state index contributed by atoms with van der Waals surface area (Å²) in [5.41, 5.74) is 6.49. The molecule has 0 aliphatic carbocycles. The van der Waals surface area contributed by atoms with Gasteiger partial charge in [-0.25, -0.2) is 4.98 Å². The number of hydrogen-bond donors (Lipinski definition) is 1. The van der Waals surface area contributed by atoms with Crippen LogP contribution in [-0.4, -0.2) is 54.4 Å². The summed E-state index contributed by atoms with van der Waals surface area (Å²) in [6, 6.07) is 0. The molecule has 1 amide bonds. The third-order valence-corrected chi connectivity index (χ3v) is 3.94. The molecule has 0 saturated carbocycles. The Hall–Kier alpha value is -0.980. The monoisotopic (exact) mass is 254 g/mol. The van der Waals surface area contributed by atoms with Gasteiger partial charge in [-0.05, 0) is 14.1 Å². The van der Waals surface area contributed by atoms with Gasteiger partial charge in [0.15, 0.2) is 0 Å². The summed E-state index contributed by atoms with van der Waals surface area (Å²) in [7, 11) is 4.03. The van der Waals surface area contributed by atoms with Crippen LogP contribution in [0, 0.1) is 0 Å². The van der Waals surface area contributed by atoms with E-state index in [9.17, 15) is 4.79 Å². The van der Waals surface area contributed by atoms with Crippen molar-refractivity contribution in [1.82, 2.24) is 14.8 Å². The highest BCUT2D eigenvalue weighted by atomic mass is 32.1. The van der Waals surface area contributed by atoms with Gasteiger partial charge in [-0.15, -0.1) is 11.3 Å². The first-order chi connectivity index (χ1) is 8.11. The minimum Gasteiger partial charge on any atom is -0.336 e. The Morgan fingerprint density at radius 3 is 2.94 bits per heavy atom. The number of nitrogens with zero attached hydrogens (tertiary/aromatic N) is 3. The summed E-state index contributed by atoms with van der Waals surface area (Å²) in [6.07, 6.45) is 0.852. The highest BCUT2D eigenvalue weighted by Gasteiger charge is 2.27. The van der Waals surface area contributed by atoms with Gasteiger partial charge in [-0.2, -0.15) is 0 Å². The third-order valence-electron chi connectivity index (χ3n) is 2.83. The second kappa shape index (κ2) is 5.12. The van der Waals surface area contributed by atoms with Crippen molar-refractivity contribution in [3.05, 3.63) is 15.6 Å². The van der Waals surface area contributed by atoms with Crippen molar-refractivity contribution in [3.8, 4) is 0 Å². The van der Waals surface area contributed by atoms with Crippen LogP contribution in [0.3, 0.4) is 0 Å².